The van der Waals surface area contributed by atoms with Crippen molar-refractivity contribution in [2.24, 2.45) is 7.05 Å². The summed E-state index contributed by atoms with van der Waals surface area (Å²) in [6, 6.07) is 13.5. The topological polar surface area (TPSA) is 77.0 Å². The van der Waals surface area contributed by atoms with Gasteiger partial charge < -0.3 is 10.6 Å². The average Bonchev–Trinajstić information content (AvgIpc) is 2.96. The van der Waals surface area contributed by atoms with Crippen molar-refractivity contribution >= 4 is 11.7 Å². The minimum absolute atomic E-state index is 0.193. The Labute approximate surface area is 146 Å². The Morgan fingerprint density at radius 3 is 2.48 bits per heavy atom. The van der Waals surface area contributed by atoms with Crippen LogP contribution in [0.2, 0.25) is 0 Å². The monoisotopic (exact) mass is 335 g/mol. The Bertz CT molecular complexity index is 871. The van der Waals surface area contributed by atoms with Crippen LogP contribution >= 0.6 is 0 Å². The van der Waals surface area contributed by atoms with Crippen LogP contribution in [-0.2, 0) is 7.05 Å². The molecule has 0 aliphatic heterocycles. The standard InChI is InChI=1S/C19H21N5O/c1-13-7-9-14(10-8-13)17(16-6-4-5-11-21-16)23(2)19(25)15-12-22-24(3)18(15)20/h4-12,17H,20H2,1-3H3/t17-/m1/s1. The van der Waals surface area contributed by atoms with E-state index < -0.39 is 0 Å². The number of benzene rings is 1. The van der Waals surface area contributed by atoms with E-state index in [4.69, 9.17) is 5.73 Å². The summed E-state index contributed by atoms with van der Waals surface area (Å²) in [4.78, 5) is 19.1. The van der Waals surface area contributed by atoms with Crippen LogP contribution in [0.1, 0.15) is 33.2 Å². The number of hydrogen-bond acceptors (Lipinski definition) is 4. The number of rotatable bonds is 4. The Hall–Kier alpha value is -3.15. The first-order chi connectivity index (χ1) is 12.0. The van der Waals surface area contributed by atoms with Gasteiger partial charge in [0.2, 0.25) is 0 Å². The predicted octanol–water partition coefficient (Wildman–Crippen LogP) is 2.57. The molecule has 1 atom stereocenters. The predicted molar refractivity (Wildman–Crippen MR) is 97.0 cm³/mol. The lowest BCUT2D eigenvalue weighted by atomic mass is 10.00. The summed E-state index contributed by atoms with van der Waals surface area (Å²) in [5.74, 6) is 0.155. The van der Waals surface area contributed by atoms with E-state index in [0.717, 1.165) is 16.8 Å². The van der Waals surface area contributed by atoms with Gasteiger partial charge in [-0.25, -0.2) is 0 Å². The fourth-order valence-electron chi connectivity index (χ4n) is 2.80. The molecule has 0 aliphatic carbocycles. The quantitative estimate of drug-likeness (QED) is 0.795. The van der Waals surface area contributed by atoms with Gasteiger partial charge in [-0.1, -0.05) is 35.9 Å². The molecule has 0 bridgehead atoms. The zero-order valence-electron chi connectivity index (χ0n) is 14.5. The Morgan fingerprint density at radius 2 is 1.92 bits per heavy atom. The molecule has 1 aromatic carbocycles. The summed E-state index contributed by atoms with van der Waals surface area (Å²) in [6.07, 6.45) is 3.23. The molecule has 0 fully saturated rings. The molecule has 0 saturated heterocycles. The molecule has 2 N–H and O–H groups in total. The second-order valence-electron chi connectivity index (χ2n) is 6.05. The van der Waals surface area contributed by atoms with Gasteiger partial charge in [-0.2, -0.15) is 5.10 Å². The lowest BCUT2D eigenvalue weighted by Crippen LogP contribution is -2.32. The van der Waals surface area contributed by atoms with E-state index in [1.807, 2.05) is 49.4 Å². The number of aryl methyl sites for hydroxylation is 2. The van der Waals surface area contributed by atoms with Crippen molar-refractivity contribution in [3.8, 4) is 0 Å². The molecule has 3 aromatic rings. The molecule has 128 valence electrons. The number of pyridine rings is 1. The normalized spacial score (nSPS) is 12.0. The van der Waals surface area contributed by atoms with Gasteiger partial charge in [0.1, 0.15) is 11.4 Å². The maximum absolute atomic E-state index is 13.0. The van der Waals surface area contributed by atoms with E-state index in [9.17, 15) is 4.79 Å². The van der Waals surface area contributed by atoms with Crippen molar-refractivity contribution in [3.05, 3.63) is 77.2 Å². The zero-order valence-corrected chi connectivity index (χ0v) is 14.5. The second kappa shape index (κ2) is 6.76. The lowest BCUT2D eigenvalue weighted by molar-refractivity contribution is 0.0753. The van der Waals surface area contributed by atoms with E-state index in [-0.39, 0.29) is 11.9 Å². The van der Waals surface area contributed by atoms with Crippen LogP contribution < -0.4 is 5.73 Å². The highest BCUT2D eigenvalue weighted by Gasteiger charge is 2.27. The summed E-state index contributed by atoms with van der Waals surface area (Å²) in [5.41, 5.74) is 9.31. The van der Waals surface area contributed by atoms with Crippen LogP contribution in [-0.4, -0.2) is 32.6 Å². The van der Waals surface area contributed by atoms with Gasteiger partial charge >= 0.3 is 0 Å². The number of carbonyl (C=O) groups is 1. The summed E-state index contributed by atoms with van der Waals surface area (Å²) in [7, 11) is 3.47. The molecule has 0 unspecified atom stereocenters. The molecule has 2 aromatic heterocycles. The Morgan fingerprint density at radius 1 is 1.20 bits per heavy atom. The van der Waals surface area contributed by atoms with Crippen molar-refractivity contribution in [1.29, 1.82) is 0 Å². The number of nitrogens with two attached hydrogens (primary N) is 1. The third-order valence-corrected chi connectivity index (χ3v) is 4.28. The van der Waals surface area contributed by atoms with E-state index in [1.165, 1.54) is 10.9 Å². The Balaban J connectivity index is 2.03. The third-order valence-electron chi connectivity index (χ3n) is 4.28. The molecule has 0 aliphatic rings. The SMILES string of the molecule is Cc1ccc([C@H](c2ccccn2)N(C)C(=O)c2cnn(C)c2N)cc1. The van der Waals surface area contributed by atoms with Crippen LogP contribution in [0.3, 0.4) is 0 Å². The highest BCUT2D eigenvalue weighted by atomic mass is 16.2. The highest BCUT2D eigenvalue weighted by molar-refractivity contribution is 5.98. The van der Waals surface area contributed by atoms with Crippen LogP contribution in [0, 0.1) is 6.92 Å². The highest BCUT2D eigenvalue weighted by Crippen LogP contribution is 2.28. The van der Waals surface area contributed by atoms with Crippen molar-refractivity contribution in [1.82, 2.24) is 19.7 Å². The number of hydrogen-bond donors (Lipinski definition) is 1. The van der Waals surface area contributed by atoms with Crippen LogP contribution in [0.25, 0.3) is 0 Å². The largest absolute Gasteiger partial charge is 0.383 e. The maximum Gasteiger partial charge on any atom is 0.259 e. The van der Waals surface area contributed by atoms with E-state index >= 15 is 0 Å². The van der Waals surface area contributed by atoms with E-state index in [1.54, 1.807) is 25.2 Å². The summed E-state index contributed by atoms with van der Waals surface area (Å²) in [5, 5.41) is 4.06. The molecular formula is C19H21N5O. The Kier molecular flexibility index (Phi) is 4.52. The van der Waals surface area contributed by atoms with Gasteiger partial charge in [-0.15, -0.1) is 0 Å². The molecule has 1 amide bonds. The summed E-state index contributed by atoms with van der Waals surface area (Å²) >= 11 is 0. The average molecular weight is 335 g/mol. The van der Waals surface area contributed by atoms with Crippen molar-refractivity contribution in [2.45, 2.75) is 13.0 Å². The fraction of sp³-hybridized carbons (Fsp3) is 0.211. The van der Waals surface area contributed by atoms with Gasteiger partial charge in [0.05, 0.1) is 17.9 Å². The second-order valence-corrected chi connectivity index (χ2v) is 6.05. The molecule has 0 radical (unpaired) electrons. The number of carbonyl (C=O) groups excluding carboxylic acids is 1. The third kappa shape index (κ3) is 3.24. The first kappa shape index (κ1) is 16.7. The molecule has 0 spiro atoms. The lowest BCUT2D eigenvalue weighted by Gasteiger charge is -2.28. The van der Waals surface area contributed by atoms with E-state index in [2.05, 4.69) is 10.1 Å². The van der Waals surface area contributed by atoms with Gasteiger partial charge in [0.15, 0.2) is 0 Å². The number of nitrogens with zero attached hydrogens (tertiary/aromatic N) is 4. The number of aromatic nitrogens is 3. The van der Waals surface area contributed by atoms with Crippen LogP contribution in [0.15, 0.2) is 54.9 Å². The van der Waals surface area contributed by atoms with Gasteiger partial charge in [-0.05, 0) is 24.6 Å². The summed E-state index contributed by atoms with van der Waals surface area (Å²) < 4.78 is 1.49. The first-order valence-corrected chi connectivity index (χ1v) is 8.01. The van der Waals surface area contributed by atoms with Gasteiger partial charge in [0, 0.05) is 20.3 Å². The van der Waals surface area contributed by atoms with E-state index in [0.29, 0.717) is 11.4 Å². The summed E-state index contributed by atoms with van der Waals surface area (Å²) in [6.45, 7) is 2.03. The fourth-order valence-corrected chi connectivity index (χ4v) is 2.80. The molecule has 0 saturated carbocycles. The smallest absolute Gasteiger partial charge is 0.259 e. The maximum atomic E-state index is 13.0. The number of nitrogen functional groups attached to an aromatic ring is 1. The van der Waals surface area contributed by atoms with Crippen molar-refractivity contribution in [3.63, 3.8) is 0 Å². The molecule has 6 nitrogen and oxygen atoms in total. The van der Waals surface area contributed by atoms with Crippen molar-refractivity contribution in [2.75, 3.05) is 12.8 Å². The molecular weight excluding hydrogens is 314 g/mol. The molecule has 2 heterocycles. The molecule has 3 rings (SSSR count). The van der Waals surface area contributed by atoms with Gasteiger partial charge in [0.25, 0.3) is 5.91 Å². The first-order valence-electron chi connectivity index (χ1n) is 8.01. The minimum Gasteiger partial charge on any atom is -0.383 e. The number of anilines is 1. The van der Waals surface area contributed by atoms with Crippen LogP contribution in [0.4, 0.5) is 5.82 Å². The minimum atomic E-state index is -0.311. The van der Waals surface area contributed by atoms with Crippen LogP contribution in [0.5, 0.6) is 0 Å². The van der Waals surface area contributed by atoms with Gasteiger partial charge in [-0.3, -0.25) is 14.5 Å². The zero-order chi connectivity index (χ0) is 18.0. The molecule has 25 heavy (non-hydrogen) atoms. The molecule has 6 heteroatoms. The number of amides is 1. The van der Waals surface area contributed by atoms with Crippen molar-refractivity contribution < 1.29 is 4.79 Å².